The summed E-state index contributed by atoms with van der Waals surface area (Å²) < 4.78 is 5.20. The van der Waals surface area contributed by atoms with Crippen LogP contribution in [0, 0.1) is 0 Å². The van der Waals surface area contributed by atoms with E-state index in [9.17, 15) is 19.5 Å². The Morgan fingerprint density at radius 2 is 1.82 bits per heavy atom. The molecule has 3 atom stereocenters. The van der Waals surface area contributed by atoms with E-state index >= 15 is 0 Å². The van der Waals surface area contributed by atoms with Crippen molar-refractivity contribution in [3.63, 3.8) is 0 Å². The highest BCUT2D eigenvalue weighted by molar-refractivity contribution is 5.88. The van der Waals surface area contributed by atoms with Gasteiger partial charge in [-0.05, 0) is 30.9 Å². The maximum absolute atomic E-state index is 12.4. The molecule has 4 N–H and O–H groups in total. The number of hydrogen-bond donors (Lipinski definition) is 4. The molecule has 2 amide bonds. The van der Waals surface area contributed by atoms with Gasteiger partial charge in [0.1, 0.15) is 12.1 Å². The first-order chi connectivity index (χ1) is 13.4. The summed E-state index contributed by atoms with van der Waals surface area (Å²) in [5, 5.41) is 24.3. The lowest BCUT2D eigenvalue weighted by atomic mass is 9.99. The molecule has 0 saturated heterocycles. The smallest absolute Gasteiger partial charge is 0.370 e. The van der Waals surface area contributed by atoms with Gasteiger partial charge in [-0.3, -0.25) is 9.59 Å². The number of aryl methyl sites for hydroxylation is 1. The van der Waals surface area contributed by atoms with Gasteiger partial charge in [0.2, 0.25) is 11.7 Å². The molecule has 0 radical (unpaired) electrons. The fraction of sp³-hybridized carbons (Fsp3) is 0.450. The van der Waals surface area contributed by atoms with Gasteiger partial charge in [-0.1, -0.05) is 36.8 Å². The van der Waals surface area contributed by atoms with Gasteiger partial charge in [0, 0.05) is 13.5 Å². The van der Waals surface area contributed by atoms with Crippen molar-refractivity contribution in [2.24, 2.45) is 0 Å². The maximum atomic E-state index is 12.4. The zero-order valence-corrected chi connectivity index (χ0v) is 15.8. The van der Waals surface area contributed by atoms with Crippen molar-refractivity contribution in [3.8, 4) is 0 Å². The van der Waals surface area contributed by atoms with Gasteiger partial charge in [-0.2, -0.15) is 0 Å². The highest BCUT2D eigenvalue weighted by Crippen LogP contribution is 2.19. The second-order valence-electron chi connectivity index (χ2n) is 6.68. The summed E-state index contributed by atoms with van der Waals surface area (Å²) in [5.74, 6) is -2.94. The van der Waals surface area contributed by atoms with Gasteiger partial charge < -0.3 is 25.6 Å². The third-order valence-corrected chi connectivity index (χ3v) is 4.39. The second-order valence-corrected chi connectivity index (χ2v) is 6.68. The number of aliphatic hydroxyl groups is 1. The number of aliphatic hydroxyl groups excluding tert-OH is 1. The first kappa shape index (κ1) is 21.4. The number of ether oxygens (including phenoxy) is 1. The topological polar surface area (TPSA) is 125 Å². The van der Waals surface area contributed by atoms with Crippen LogP contribution in [0.3, 0.4) is 0 Å². The monoisotopic (exact) mass is 390 g/mol. The fourth-order valence-corrected chi connectivity index (χ4v) is 3.01. The number of unbranched alkanes of at least 4 members (excludes halogenated alkanes) is 2. The van der Waals surface area contributed by atoms with E-state index in [1.807, 2.05) is 18.2 Å². The number of carboxylic acids is 1. The quantitative estimate of drug-likeness (QED) is 0.461. The zero-order valence-electron chi connectivity index (χ0n) is 15.8. The Balaban J connectivity index is 1.81. The molecule has 0 fully saturated rings. The predicted octanol–water partition coefficient (Wildman–Crippen LogP) is 0.749. The van der Waals surface area contributed by atoms with Crippen LogP contribution in [0.5, 0.6) is 0 Å². The second kappa shape index (κ2) is 10.5. The van der Waals surface area contributed by atoms with Crippen molar-refractivity contribution in [1.29, 1.82) is 0 Å². The fourth-order valence-electron chi connectivity index (χ4n) is 3.01. The SMILES string of the molecule is CC(=O)N[C@@H]1[C@H](O)C=C(C(=O)O)O[C@H]1C(=O)NCCCCCc1ccccc1. The molecule has 1 aromatic carbocycles. The molecule has 8 heteroatoms. The number of amides is 2. The number of carbonyl (C=O) groups excluding carboxylic acids is 2. The van der Waals surface area contributed by atoms with Crippen LogP contribution in [0.15, 0.2) is 42.2 Å². The minimum absolute atomic E-state index is 0.391. The van der Waals surface area contributed by atoms with Crippen molar-refractivity contribution in [2.45, 2.75) is 50.9 Å². The minimum atomic E-state index is -1.39. The molecular weight excluding hydrogens is 364 g/mol. The summed E-state index contributed by atoms with van der Waals surface area (Å²) in [7, 11) is 0. The van der Waals surface area contributed by atoms with E-state index in [2.05, 4.69) is 22.8 Å². The molecule has 0 spiro atoms. The zero-order chi connectivity index (χ0) is 20.5. The molecule has 1 aliphatic heterocycles. The number of hydrogen-bond acceptors (Lipinski definition) is 5. The van der Waals surface area contributed by atoms with Crippen LogP contribution in [0.25, 0.3) is 0 Å². The summed E-state index contributed by atoms with van der Waals surface area (Å²) in [6, 6.07) is 9.06. The summed E-state index contributed by atoms with van der Waals surface area (Å²) in [5.41, 5.74) is 1.27. The minimum Gasteiger partial charge on any atom is -0.475 e. The Kier molecular flexibility index (Phi) is 8.01. The first-order valence-corrected chi connectivity index (χ1v) is 9.27. The van der Waals surface area contributed by atoms with Gasteiger partial charge in [0.25, 0.3) is 5.91 Å². The van der Waals surface area contributed by atoms with E-state index in [-0.39, 0.29) is 0 Å². The van der Waals surface area contributed by atoms with Crippen LogP contribution < -0.4 is 10.6 Å². The molecule has 0 aromatic heterocycles. The Labute approximate surface area is 163 Å². The standard InChI is InChI=1S/C20H26N2O6/c1-13(23)22-17-15(24)12-16(20(26)27)28-18(17)19(25)21-11-7-3-6-10-14-8-4-2-5-9-14/h2,4-5,8-9,12,15,17-18,24H,3,6-7,10-11H2,1H3,(H,21,25)(H,22,23)(H,26,27)/t15-,17-,18-/m1/s1. The van der Waals surface area contributed by atoms with Crippen molar-refractivity contribution >= 4 is 17.8 Å². The number of nitrogens with one attached hydrogen (secondary N) is 2. The van der Waals surface area contributed by atoms with Crippen LogP contribution in [-0.4, -0.2) is 52.8 Å². The molecule has 1 aromatic rings. The molecule has 2 rings (SSSR count). The molecule has 152 valence electrons. The van der Waals surface area contributed by atoms with Gasteiger partial charge in [-0.25, -0.2) is 4.79 Å². The van der Waals surface area contributed by atoms with Crippen LogP contribution in [0.4, 0.5) is 0 Å². The third-order valence-electron chi connectivity index (χ3n) is 4.39. The molecule has 0 saturated carbocycles. The molecule has 1 heterocycles. The van der Waals surface area contributed by atoms with Gasteiger partial charge in [0.05, 0.1) is 0 Å². The third kappa shape index (κ3) is 6.38. The maximum Gasteiger partial charge on any atom is 0.370 e. The number of rotatable bonds is 9. The molecular formula is C20H26N2O6. The summed E-state index contributed by atoms with van der Waals surface area (Å²) in [6.07, 6.45) is 1.92. The summed E-state index contributed by atoms with van der Waals surface area (Å²) >= 11 is 0. The Morgan fingerprint density at radius 1 is 1.11 bits per heavy atom. The van der Waals surface area contributed by atoms with Crippen molar-refractivity contribution in [3.05, 3.63) is 47.7 Å². The highest BCUT2D eigenvalue weighted by Gasteiger charge is 2.40. The molecule has 0 unspecified atom stereocenters. The number of carboxylic acid groups (broad SMARTS) is 1. The number of aliphatic carboxylic acids is 1. The molecule has 0 aliphatic carbocycles. The van der Waals surface area contributed by atoms with Gasteiger partial charge in [0.15, 0.2) is 6.10 Å². The average Bonchev–Trinajstić information content (AvgIpc) is 2.66. The normalized spacial score (nSPS) is 21.2. The molecule has 0 bridgehead atoms. The van der Waals surface area contributed by atoms with E-state index in [0.717, 1.165) is 31.8 Å². The molecule has 1 aliphatic rings. The lowest BCUT2D eigenvalue weighted by molar-refractivity contribution is -0.145. The molecule has 8 nitrogen and oxygen atoms in total. The summed E-state index contributed by atoms with van der Waals surface area (Å²) in [6.45, 7) is 1.63. The number of benzene rings is 1. The van der Waals surface area contributed by atoms with Crippen molar-refractivity contribution < 1.29 is 29.3 Å². The lowest BCUT2D eigenvalue weighted by Crippen LogP contribution is -2.58. The van der Waals surface area contributed by atoms with Crippen molar-refractivity contribution in [2.75, 3.05) is 6.54 Å². The van der Waals surface area contributed by atoms with Crippen LogP contribution in [0.2, 0.25) is 0 Å². The van der Waals surface area contributed by atoms with E-state index in [1.165, 1.54) is 12.5 Å². The van der Waals surface area contributed by atoms with Gasteiger partial charge in [-0.15, -0.1) is 0 Å². The summed E-state index contributed by atoms with van der Waals surface area (Å²) in [4.78, 5) is 34.9. The number of carbonyl (C=O) groups is 3. The van der Waals surface area contributed by atoms with E-state index in [4.69, 9.17) is 9.84 Å². The predicted molar refractivity (Wildman–Crippen MR) is 101 cm³/mol. The first-order valence-electron chi connectivity index (χ1n) is 9.27. The Hall–Kier alpha value is -2.87. The Bertz CT molecular complexity index is 719. The highest BCUT2D eigenvalue weighted by atomic mass is 16.5. The molecule has 28 heavy (non-hydrogen) atoms. The van der Waals surface area contributed by atoms with Crippen molar-refractivity contribution in [1.82, 2.24) is 10.6 Å². The van der Waals surface area contributed by atoms with Crippen LogP contribution in [0.1, 0.15) is 31.7 Å². The van der Waals surface area contributed by atoms with E-state index in [1.54, 1.807) is 0 Å². The van der Waals surface area contributed by atoms with Gasteiger partial charge >= 0.3 is 5.97 Å². The van der Waals surface area contributed by atoms with E-state index in [0.29, 0.717) is 6.54 Å². The average molecular weight is 390 g/mol. The Morgan fingerprint density at radius 3 is 2.46 bits per heavy atom. The van der Waals surface area contributed by atoms with Crippen LogP contribution in [-0.2, 0) is 25.5 Å². The van der Waals surface area contributed by atoms with Crippen LogP contribution >= 0.6 is 0 Å². The lowest BCUT2D eigenvalue weighted by Gasteiger charge is -2.33. The van der Waals surface area contributed by atoms with E-state index < -0.39 is 41.8 Å². The largest absolute Gasteiger partial charge is 0.475 e.